The first-order valence-electron chi connectivity index (χ1n) is 6.59. The van der Waals surface area contributed by atoms with Crippen molar-refractivity contribution in [2.75, 3.05) is 18.9 Å². The highest BCUT2D eigenvalue weighted by atomic mass is 16.2. The number of hydrogen-bond acceptors (Lipinski definition) is 3. The lowest BCUT2D eigenvalue weighted by Crippen LogP contribution is -2.29. The average molecular weight is 247 g/mol. The van der Waals surface area contributed by atoms with Crippen LogP contribution in [0.25, 0.3) is 0 Å². The van der Waals surface area contributed by atoms with E-state index >= 15 is 0 Å². The number of amides is 1. The second kappa shape index (κ2) is 5.85. The van der Waals surface area contributed by atoms with Crippen LogP contribution in [0.4, 0.5) is 5.82 Å². The van der Waals surface area contributed by atoms with Crippen LogP contribution >= 0.6 is 0 Å². The molecule has 1 N–H and O–H groups in total. The molecule has 1 aliphatic rings. The van der Waals surface area contributed by atoms with Crippen molar-refractivity contribution >= 4 is 11.7 Å². The molecule has 1 aromatic heterocycles. The molecule has 18 heavy (non-hydrogen) atoms. The fraction of sp³-hybridized carbons (Fsp3) is 0.571. The predicted molar refractivity (Wildman–Crippen MR) is 72.2 cm³/mol. The van der Waals surface area contributed by atoms with E-state index in [-0.39, 0.29) is 5.91 Å². The molecule has 1 aliphatic heterocycles. The number of hydrogen-bond donors (Lipinski definition) is 1. The third-order valence-electron chi connectivity index (χ3n) is 3.55. The number of likely N-dealkylation sites (tertiary alicyclic amines) is 1. The Morgan fingerprint density at radius 1 is 1.44 bits per heavy atom. The SMILES string of the molecule is CNc1ccc(CN2CCC(C)CCC2=O)cn1. The first-order chi connectivity index (χ1) is 8.69. The largest absolute Gasteiger partial charge is 0.373 e. The second-order valence-corrected chi connectivity index (χ2v) is 5.05. The van der Waals surface area contributed by atoms with Gasteiger partial charge in [0.2, 0.25) is 5.91 Å². The Labute approximate surface area is 108 Å². The van der Waals surface area contributed by atoms with E-state index in [1.807, 2.05) is 30.3 Å². The van der Waals surface area contributed by atoms with Crippen molar-refractivity contribution in [3.63, 3.8) is 0 Å². The van der Waals surface area contributed by atoms with Crippen molar-refractivity contribution in [3.05, 3.63) is 23.9 Å². The lowest BCUT2D eigenvalue weighted by Gasteiger charge is -2.20. The van der Waals surface area contributed by atoms with Gasteiger partial charge in [-0.1, -0.05) is 13.0 Å². The molecule has 0 spiro atoms. The first kappa shape index (κ1) is 12.9. The van der Waals surface area contributed by atoms with E-state index in [4.69, 9.17) is 0 Å². The standard InChI is InChI=1S/C14H21N3O/c1-11-3-6-14(18)17(8-7-11)10-12-4-5-13(15-2)16-9-12/h4-5,9,11H,3,6-8,10H2,1-2H3,(H,15,16). The molecule has 1 atom stereocenters. The van der Waals surface area contributed by atoms with Crippen molar-refractivity contribution in [1.82, 2.24) is 9.88 Å². The quantitative estimate of drug-likeness (QED) is 0.891. The maximum absolute atomic E-state index is 12.0. The van der Waals surface area contributed by atoms with E-state index in [0.717, 1.165) is 30.8 Å². The van der Waals surface area contributed by atoms with Crippen molar-refractivity contribution in [3.8, 4) is 0 Å². The minimum absolute atomic E-state index is 0.275. The highest BCUT2D eigenvalue weighted by Gasteiger charge is 2.20. The Balaban J connectivity index is 2.00. The van der Waals surface area contributed by atoms with Crippen LogP contribution in [0.15, 0.2) is 18.3 Å². The van der Waals surface area contributed by atoms with Gasteiger partial charge in [0, 0.05) is 32.8 Å². The highest BCUT2D eigenvalue weighted by Crippen LogP contribution is 2.19. The molecule has 0 aromatic carbocycles. The Kier molecular flexibility index (Phi) is 4.18. The molecule has 0 saturated carbocycles. The highest BCUT2D eigenvalue weighted by molar-refractivity contribution is 5.76. The summed E-state index contributed by atoms with van der Waals surface area (Å²) in [5.41, 5.74) is 1.09. The van der Waals surface area contributed by atoms with Crippen molar-refractivity contribution in [1.29, 1.82) is 0 Å². The first-order valence-corrected chi connectivity index (χ1v) is 6.59. The van der Waals surface area contributed by atoms with Gasteiger partial charge < -0.3 is 10.2 Å². The van der Waals surface area contributed by atoms with E-state index in [1.165, 1.54) is 0 Å². The van der Waals surface area contributed by atoms with E-state index in [0.29, 0.717) is 18.9 Å². The molecular formula is C14H21N3O. The summed E-state index contributed by atoms with van der Waals surface area (Å²) in [5, 5.41) is 2.99. The van der Waals surface area contributed by atoms with Crippen molar-refractivity contribution in [2.24, 2.45) is 5.92 Å². The number of rotatable bonds is 3. The summed E-state index contributed by atoms with van der Waals surface area (Å²) < 4.78 is 0. The van der Waals surface area contributed by atoms with Crippen LogP contribution in [0.2, 0.25) is 0 Å². The number of pyridine rings is 1. The maximum atomic E-state index is 12.0. The van der Waals surface area contributed by atoms with Gasteiger partial charge in [-0.25, -0.2) is 4.98 Å². The molecule has 4 nitrogen and oxygen atoms in total. The molecule has 2 rings (SSSR count). The van der Waals surface area contributed by atoms with Crippen LogP contribution in [-0.2, 0) is 11.3 Å². The zero-order valence-corrected chi connectivity index (χ0v) is 11.1. The Morgan fingerprint density at radius 3 is 2.94 bits per heavy atom. The van der Waals surface area contributed by atoms with Gasteiger partial charge >= 0.3 is 0 Å². The van der Waals surface area contributed by atoms with Gasteiger partial charge in [0.05, 0.1) is 0 Å². The van der Waals surface area contributed by atoms with Gasteiger partial charge in [-0.15, -0.1) is 0 Å². The van der Waals surface area contributed by atoms with Gasteiger partial charge in [0.1, 0.15) is 5.82 Å². The fourth-order valence-corrected chi connectivity index (χ4v) is 2.23. The third kappa shape index (κ3) is 3.22. The summed E-state index contributed by atoms with van der Waals surface area (Å²) >= 11 is 0. The van der Waals surface area contributed by atoms with E-state index in [1.54, 1.807) is 0 Å². The van der Waals surface area contributed by atoms with Gasteiger partial charge in [0.15, 0.2) is 0 Å². The maximum Gasteiger partial charge on any atom is 0.222 e. The molecule has 0 aliphatic carbocycles. The van der Waals surface area contributed by atoms with Gasteiger partial charge in [-0.3, -0.25) is 4.79 Å². The lowest BCUT2D eigenvalue weighted by molar-refractivity contribution is -0.131. The van der Waals surface area contributed by atoms with Gasteiger partial charge in [-0.05, 0) is 30.4 Å². The number of aromatic nitrogens is 1. The molecule has 1 unspecified atom stereocenters. The average Bonchev–Trinajstić information content (AvgIpc) is 2.55. The summed E-state index contributed by atoms with van der Waals surface area (Å²) in [6.07, 6.45) is 4.65. The Bertz CT molecular complexity index is 402. The Hall–Kier alpha value is -1.58. The number of nitrogens with zero attached hydrogens (tertiary/aromatic N) is 2. The molecule has 1 aromatic rings. The number of carbonyl (C=O) groups excluding carboxylic acids is 1. The minimum Gasteiger partial charge on any atom is -0.373 e. The lowest BCUT2D eigenvalue weighted by atomic mass is 10.0. The van der Waals surface area contributed by atoms with Crippen molar-refractivity contribution < 1.29 is 4.79 Å². The molecule has 0 bridgehead atoms. The summed E-state index contributed by atoms with van der Waals surface area (Å²) in [6, 6.07) is 3.97. The van der Waals surface area contributed by atoms with Crippen LogP contribution in [0.1, 0.15) is 31.7 Å². The van der Waals surface area contributed by atoms with E-state index in [9.17, 15) is 4.79 Å². The minimum atomic E-state index is 0.275. The summed E-state index contributed by atoms with van der Waals surface area (Å²) in [5.74, 6) is 1.79. The number of carbonyl (C=O) groups is 1. The second-order valence-electron chi connectivity index (χ2n) is 5.05. The summed E-state index contributed by atoms with van der Waals surface area (Å²) in [6.45, 7) is 3.77. The zero-order valence-electron chi connectivity index (χ0n) is 11.1. The van der Waals surface area contributed by atoms with Crippen LogP contribution < -0.4 is 5.32 Å². The van der Waals surface area contributed by atoms with E-state index < -0.39 is 0 Å². The van der Waals surface area contributed by atoms with Crippen molar-refractivity contribution in [2.45, 2.75) is 32.7 Å². The van der Waals surface area contributed by atoms with Crippen LogP contribution in [-0.4, -0.2) is 29.4 Å². The van der Waals surface area contributed by atoms with Crippen LogP contribution in [0.5, 0.6) is 0 Å². The monoisotopic (exact) mass is 247 g/mol. The Morgan fingerprint density at radius 2 is 2.28 bits per heavy atom. The molecule has 0 radical (unpaired) electrons. The van der Waals surface area contributed by atoms with Crippen LogP contribution in [0.3, 0.4) is 0 Å². The predicted octanol–water partition coefficient (Wildman–Crippen LogP) is 2.27. The number of anilines is 1. The summed E-state index contributed by atoms with van der Waals surface area (Å²) in [7, 11) is 1.85. The van der Waals surface area contributed by atoms with E-state index in [2.05, 4.69) is 17.2 Å². The molecule has 4 heteroatoms. The molecule has 1 amide bonds. The molecule has 1 fully saturated rings. The number of nitrogens with one attached hydrogen (secondary N) is 1. The molecule has 1 saturated heterocycles. The topological polar surface area (TPSA) is 45.2 Å². The van der Waals surface area contributed by atoms with Crippen LogP contribution in [0, 0.1) is 5.92 Å². The molecule has 2 heterocycles. The zero-order chi connectivity index (χ0) is 13.0. The fourth-order valence-electron chi connectivity index (χ4n) is 2.23. The molecule has 98 valence electrons. The smallest absolute Gasteiger partial charge is 0.222 e. The summed E-state index contributed by atoms with van der Waals surface area (Å²) in [4.78, 5) is 18.2. The third-order valence-corrected chi connectivity index (χ3v) is 3.55. The normalized spacial score (nSPS) is 20.7. The van der Waals surface area contributed by atoms with Gasteiger partial charge in [-0.2, -0.15) is 0 Å². The van der Waals surface area contributed by atoms with Gasteiger partial charge in [0.25, 0.3) is 0 Å². The molecular weight excluding hydrogens is 226 g/mol.